The number of aromatic nitrogens is 2. The summed E-state index contributed by atoms with van der Waals surface area (Å²) in [5.41, 5.74) is 1.29. The number of hydrogen-bond donors (Lipinski definition) is 2. The Hall–Kier alpha value is -1.70. The number of hydrogen-bond acceptors (Lipinski definition) is 5. The molecule has 2 aromatic rings. The summed E-state index contributed by atoms with van der Waals surface area (Å²) in [5, 5.41) is 5.12. The molecule has 0 aromatic carbocycles. The van der Waals surface area contributed by atoms with Gasteiger partial charge in [-0.2, -0.15) is 0 Å². The maximum Gasteiger partial charge on any atom is 0.271 e. The van der Waals surface area contributed by atoms with Crippen molar-refractivity contribution in [2.24, 2.45) is 0 Å². The van der Waals surface area contributed by atoms with Gasteiger partial charge in [0.2, 0.25) is 0 Å². The molecule has 0 bridgehead atoms. The highest BCUT2D eigenvalue weighted by molar-refractivity contribution is 7.10. The van der Waals surface area contributed by atoms with Crippen LogP contribution < -0.4 is 5.32 Å². The molecule has 1 unspecified atom stereocenters. The molecule has 1 saturated heterocycles. The first-order chi connectivity index (χ1) is 11.1. The smallest absolute Gasteiger partial charge is 0.271 e. The molecule has 1 fully saturated rings. The number of carbonyl (C=O) groups is 1. The number of thiophene rings is 1. The lowest BCUT2D eigenvalue weighted by atomic mass is 10.2. The number of aryl methyl sites for hydroxylation is 2. The van der Waals surface area contributed by atoms with Crippen molar-refractivity contribution in [3.63, 3.8) is 0 Å². The van der Waals surface area contributed by atoms with Crippen LogP contribution in [0.1, 0.15) is 32.9 Å². The molecule has 6 nitrogen and oxygen atoms in total. The van der Waals surface area contributed by atoms with Crippen LogP contribution in [0.25, 0.3) is 0 Å². The molecule has 7 heteroatoms. The molecule has 0 aliphatic carbocycles. The maximum atomic E-state index is 12.4. The number of imidazole rings is 1. The van der Waals surface area contributed by atoms with Crippen molar-refractivity contribution in [3.05, 3.63) is 39.6 Å². The number of nitrogens with zero attached hydrogens (tertiary/aromatic N) is 2. The zero-order valence-electron chi connectivity index (χ0n) is 13.5. The molecule has 3 rings (SSSR count). The van der Waals surface area contributed by atoms with E-state index in [0.717, 1.165) is 37.8 Å². The molecule has 0 radical (unpaired) electrons. The average Bonchev–Trinajstić information content (AvgIpc) is 3.18. The van der Waals surface area contributed by atoms with Crippen molar-refractivity contribution in [2.45, 2.75) is 19.9 Å². The Labute approximate surface area is 139 Å². The zero-order chi connectivity index (χ0) is 16.2. The highest BCUT2D eigenvalue weighted by atomic mass is 32.1. The molecule has 1 atom stereocenters. The Kier molecular flexibility index (Phi) is 5.09. The van der Waals surface area contributed by atoms with Gasteiger partial charge in [-0.05, 0) is 25.3 Å². The van der Waals surface area contributed by atoms with Gasteiger partial charge in [0.1, 0.15) is 11.5 Å². The summed E-state index contributed by atoms with van der Waals surface area (Å²) in [4.78, 5) is 23.4. The lowest BCUT2D eigenvalue weighted by Gasteiger charge is -2.34. The van der Waals surface area contributed by atoms with Crippen LogP contribution in [-0.2, 0) is 4.74 Å². The van der Waals surface area contributed by atoms with Gasteiger partial charge in [-0.25, -0.2) is 4.98 Å². The molecule has 0 spiro atoms. The number of nitrogens with one attached hydrogen (secondary N) is 2. The van der Waals surface area contributed by atoms with E-state index in [1.54, 1.807) is 11.3 Å². The van der Waals surface area contributed by atoms with Gasteiger partial charge in [0.05, 0.1) is 19.3 Å². The lowest BCUT2D eigenvalue weighted by molar-refractivity contribution is 0.0169. The van der Waals surface area contributed by atoms with E-state index in [4.69, 9.17) is 4.74 Å². The van der Waals surface area contributed by atoms with Crippen LogP contribution in [0.3, 0.4) is 0 Å². The highest BCUT2D eigenvalue weighted by Crippen LogP contribution is 2.25. The number of H-pyrrole nitrogens is 1. The van der Waals surface area contributed by atoms with Gasteiger partial charge in [0.15, 0.2) is 0 Å². The molecule has 124 valence electrons. The summed E-state index contributed by atoms with van der Waals surface area (Å²) >= 11 is 1.72. The molecule has 23 heavy (non-hydrogen) atoms. The molecular weight excluding hydrogens is 312 g/mol. The molecule has 2 N–H and O–H groups in total. The normalized spacial score (nSPS) is 17.1. The zero-order valence-corrected chi connectivity index (χ0v) is 14.3. The topological polar surface area (TPSA) is 70.2 Å². The average molecular weight is 334 g/mol. The number of rotatable bonds is 5. The fraction of sp³-hybridized carbons (Fsp3) is 0.500. The van der Waals surface area contributed by atoms with Crippen molar-refractivity contribution >= 4 is 17.2 Å². The molecule has 1 aliphatic heterocycles. The van der Waals surface area contributed by atoms with Crippen LogP contribution >= 0.6 is 11.3 Å². The van der Waals surface area contributed by atoms with Crippen LogP contribution in [0, 0.1) is 13.8 Å². The van der Waals surface area contributed by atoms with E-state index in [0.29, 0.717) is 12.2 Å². The van der Waals surface area contributed by atoms with Crippen LogP contribution in [0.4, 0.5) is 0 Å². The maximum absolute atomic E-state index is 12.4. The second-order valence-electron chi connectivity index (χ2n) is 5.69. The number of ether oxygens (including phenoxy) is 1. The number of amides is 1. The summed E-state index contributed by atoms with van der Waals surface area (Å²) in [5.74, 6) is 0.636. The van der Waals surface area contributed by atoms with E-state index >= 15 is 0 Å². The van der Waals surface area contributed by atoms with Gasteiger partial charge < -0.3 is 15.0 Å². The Balaban J connectivity index is 1.69. The molecule has 1 amide bonds. The summed E-state index contributed by atoms with van der Waals surface area (Å²) in [6, 6.07) is 4.36. The van der Waals surface area contributed by atoms with Gasteiger partial charge in [-0.3, -0.25) is 9.69 Å². The third kappa shape index (κ3) is 3.80. The monoisotopic (exact) mass is 334 g/mol. The Morgan fingerprint density at radius 3 is 2.87 bits per heavy atom. The van der Waals surface area contributed by atoms with Gasteiger partial charge in [-0.1, -0.05) is 6.07 Å². The van der Waals surface area contributed by atoms with E-state index in [-0.39, 0.29) is 11.9 Å². The minimum Gasteiger partial charge on any atom is -0.379 e. The Bertz CT molecular complexity index is 647. The summed E-state index contributed by atoms with van der Waals surface area (Å²) in [6.07, 6.45) is 0. The molecule has 2 aromatic heterocycles. The SMILES string of the molecule is Cc1nc(C(=O)NCC(c2cccs2)N2CCOCC2)c(C)[nH]1. The minimum atomic E-state index is -0.123. The van der Waals surface area contributed by atoms with E-state index in [1.807, 2.05) is 13.8 Å². The fourth-order valence-corrected chi connectivity index (χ4v) is 3.74. The van der Waals surface area contributed by atoms with Crippen molar-refractivity contribution in [3.8, 4) is 0 Å². The van der Waals surface area contributed by atoms with Gasteiger partial charge in [0.25, 0.3) is 5.91 Å². The Morgan fingerprint density at radius 1 is 1.48 bits per heavy atom. The van der Waals surface area contributed by atoms with Gasteiger partial charge >= 0.3 is 0 Å². The van der Waals surface area contributed by atoms with Crippen LogP contribution in [-0.4, -0.2) is 53.6 Å². The third-order valence-electron chi connectivity index (χ3n) is 4.03. The quantitative estimate of drug-likeness (QED) is 0.876. The fourth-order valence-electron chi connectivity index (χ4n) is 2.88. The second kappa shape index (κ2) is 7.25. The first-order valence-electron chi connectivity index (χ1n) is 7.81. The first-order valence-corrected chi connectivity index (χ1v) is 8.69. The summed E-state index contributed by atoms with van der Waals surface area (Å²) in [7, 11) is 0. The van der Waals surface area contributed by atoms with Crippen LogP contribution in [0.2, 0.25) is 0 Å². The highest BCUT2D eigenvalue weighted by Gasteiger charge is 2.24. The van der Waals surface area contributed by atoms with E-state index < -0.39 is 0 Å². The van der Waals surface area contributed by atoms with Crippen molar-refractivity contribution in [1.29, 1.82) is 0 Å². The predicted octanol–water partition coefficient (Wildman–Crippen LogP) is 1.89. The van der Waals surface area contributed by atoms with Crippen molar-refractivity contribution in [2.75, 3.05) is 32.8 Å². The van der Waals surface area contributed by atoms with Gasteiger partial charge in [-0.15, -0.1) is 11.3 Å². The predicted molar refractivity (Wildman–Crippen MR) is 89.8 cm³/mol. The largest absolute Gasteiger partial charge is 0.379 e. The van der Waals surface area contributed by atoms with Crippen LogP contribution in [0.15, 0.2) is 17.5 Å². The summed E-state index contributed by atoms with van der Waals surface area (Å²) in [6.45, 7) is 7.56. The third-order valence-corrected chi connectivity index (χ3v) is 5.01. The minimum absolute atomic E-state index is 0.123. The number of morpholine rings is 1. The Morgan fingerprint density at radius 2 is 2.26 bits per heavy atom. The molecule has 1 aliphatic rings. The van der Waals surface area contributed by atoms with Crippen LogP contribution in [0.5, 0.6) is 0 Å². The van der Waals surface area contributed by atoms with Crippen molar-refractivity contribution < 1.29 is 9.53 Å². The first kappa shape index (κ1) is 16.2. The standard InChI is InChI=1S/C16H22N4O2S/c1-11-15(19-12(2)18-11)16(21)17-10-13(14-4-3-9-23-14)20-5-7-22-8-6-20/h3-4,9,13H,5-8,10H2,1-2H3,(H,17,21)(H,18,19). The van der Waals surface area contributed by atoms with Crippen molar-refractivity contribution in [1.82, 2.24) is 20.2 Å². The molecule has 3 heterocycles. The van der Waals surface area contributed by atoms with E-state index in [1.165, 1.54) is 4.88 Å². The molecule has 0 saturated carbocycles. The lowest BCUT2D eigenvalue weighted by Crippen LogP contribution is -2.43. The summed E-state index contributed by atoms with van der Waals surface area (Å²) < 4.78 is 5.44. The number of carbonyl (C=O) groups excluding carboxylic acids is 1. The molecular formula is C16H22N4O2S. The number of aromatic amines is 1. The second-order valence-corrected chi connectivity index (χ2v) is 6.66. The van der Waals surface area contributed by atoms with E-state index in [9.17, 15) is 4.79 Å². The van der Waals surface area contributed by atoms with E-state index in [2.05, 4.69) is 37.7 Å². The van der Waals surface area contributed by atoms with Gasteiger partial charge in [0, 0.05) is 30.2 Å².